The molecule has 0 saturated carbocycles. The van der Waals surface area contributed by atoms with Gasteiger partial charge in [0.05, 0.1) is 36.2 Å². The minimum atomic E-state index is -2.08. The van der Waals surface area contributed by atoms with Crippen LogP contribution in [0, 0.1) is 25.9 Å². The Morgan fingerprint density at radius 1 is 0.929 bits per heavy atom. The van der Waals surface area contributed by atoms with Crippen LogP contribution in [0.25, 0.3) is 55.6 Å². The van der Waals surface area contributed by atoms with Gasteiger partial charge in [0.15, 0.2) is 0 Å². The molecule has 4 aromatic heterocycles. The Bertz CT molecular complexity index is 2060. The zero-order valence-electron chi connectivity index (χ0n) is 27.1. The number of hydrogen-bond donors (Lipinski definition) is 0. The number of hydrogen-bond acceptors (Lipinski definition) is 4. The summed E-state index contributed by atoms with van der Waals surface area (Å²) in [6.45, 7) is 6.76. The van der Waals surface area contributed by atoms with E-state index in [-0.39, 0.29) is 20.1 Å². The summed E-state index contributed by atoms with van der Waals surface area (Å²) in [5, 5.41) is 3.50. The predicted octanol–water partition coefficient (Wildman–Crippen LogP) is 8.04. The van der Waals surface area contributed by atoms with Crippen LogP contribution in [-0.2, 0) is 27.2 Å². The SMILES string of the molecule is Cc1nccc2nc(-c3[c-]ccc4c3oc3ccccc34)n(C)c12.[2H]C([2H])([2H])c1c[c-]c(-c2ccc([Si](C)(C)C)cn2)cc1.[Ir]. The zero-order chi connectivity index (χ0) is 31.2. The summed E-state index contributed by atoms with van der Waals surface area (Å²) in [6, 6.07) is 29.3. The Morgan fingerprint density at radius 3 is 2.45 bits per heavy atom. The van der Waals surface area contributed by atoms with Crippen molar-refractivity contribution in [3.8, 4) is 22.6 Å². The number of fused-ring (bicyclic) bond motifs is 4. The molecule has 0 amide bonds. The van der Waals surface area contributed by atoms with Crippen LogP contribution in [0.15, 0.2) is 89.6 Å². The summed E-state index contributed by atoms with van der Waals surface area (Å²) in [5.41, 5.74) is 7.46. The molecule has 0 saturated heterocycles. The van der Waals surface area contributed by atoms with Crippen molar-refractivity contribution in [1.29, 1.82) is 0 Å². The number of nitrogens with zero attached hydrogens (tertiary/aromatic N) is 4. The fraction of sp³-hybridized carbons (Fsp3) is 0.171. The molecule has 0 aliphatic heterocycles. The van der Waals surface area contributed by atoms with Gasteiger partial charge in [0.1, 0.15) is 5.58 Å². The maximum Gasteiger partial charge on any atom is 0.120 e. The van der Waals surface area contributed by atoms with Crippen molar-refractivity contribution in [1.82, 2.24) is 19.5 Å². The Balaban J connectivity index is 0.000000177. The van der Waals surface area contributed by atoms with Crippen molar-refractivity contribution < 1.29 is 28.6 Å². The molecule has 0 aliphatic carbocycles. The van der Waals surface area contributed by atoms with Gasteiger partial charge in [-0.05, 0) is 29.9 Å². The number of aromatic nitrogens is 4. The summed E-state index contributed by atoms with van der Waals surface area (Å²) in [5.74, 6) is 0.839. The Hall–Kier alpha value is -3.90. The molecule has 0 N–H and O–H groups in total. The van der Waals surface area contributed by atoms with Gasteiger partial charge in [-0.15, -0.1) is 53.6 Å². The van der Waals surface area contributed by atoms with E-state index in [1.165, 1.54) is 11.3 Å². The molecule has 0 aliphatic rings. The molecule has 0 atom stereocenters. The van der Waals surface area contributed by atoms with Crippen molar-refractivity contribution in [3.05, 3.63) is 109 Å². The number of furan rings is 1. The van der Waals surface area contributed by atoms with E-state index in [0.29, 0.717) is 5.56 Å². The van der Waals surface area contributed by atoms with Gasteiger partial charge in [0, 0.05) is 49.0 Å². The van der Waals surface area contributed by atoms with Gasteiger partial charge in [0.25, 0.3) is 0 Å². The zero-order valence-corrected chi connectivity index (χ0v) is 27.5. The maximum absolute atomic E-state index is 7.35. The van der Waals surface area contributed by atoms with Crippen molar-refractivity contribution in [3.63, 3.8) is 0 Å². The molecule has 0 fully saturated rings. The number of para-hydroxylation sites is 1. The van der Waals surface area contributed by atoms with Gasteiger partial charge in [-0.2, -0.15) is 0 Å². The molecule has 5 nitrogen and oxygen atoms in total. The molecule has 42 heavy (non-hydrogen) atoms. The first-order valence-corrected chi connectivity index (χ1v) is 17.0. The van der Waals surface area contributed by atoms with Gasteiger partial charge in [-0.3, -0.25) is 9.97 Å². The molecule has 0 bridgehead atoms. The van der Waals surface area contributed by atoms with Gasteiger partial charge in [0.2, 0.25) is 0 Å². The van der Waals surface area contributed by atoms with Crippen molar-refractivity contribution in [2.24, 2.45) is 7.05 Å². The Labute approximate surface area is 265 Å². The van der Waals surface area contributed by atoms with E-state index in [2.05, 4.69) is 58.4 Å². The minimum absolute atomic E-state index is 0. The second-order valence-electron chi connectivity index (χ2n) is 11.1. The molecular formula is C35H32IrN4OSi-2. The summed E-state index contributed by atoms with van der Waals surface area (Å²) in [7, 11) is 0.671. The molecule has 7 rings (SSSR count). The van der Waals surface area contributed by atoms with Crippen LogP contribution in [-0.4, -0.2) is 27.6 Å². The monoisotopic (exact) mass is 748 g/mol. The average Bonchev–Trinajstić information content (AvgIpc) is 3.55. The molecule has 3 aromatic carbocycles. The first-order chi connectivity index (χ1) is 20.9. The first-order valence-electron chi connectivity index (χ1n) is 15.0. The third-order valence-corrected chi connectivity index (χ3v) is 9.27. The molecule has 7 heteroatoms. The fourth-order valence-corrected chi connectivity index (χ4v) is 6.04. The van der Waals surface area contributed by atoms with Crippen LogP contribution in [0.5, 0.6) is 0 Å². The topological polar surface area (TPSA) is 56.7 Å². The van der Waals surface area contributed by atoms with Crippen LogP contribution >= 0.6 is 0 Å². The Kier molecular flexibility index (Phi) is 7.22. The smallest absolute Gasteiger partial charge is 0.120 e. The predicted molar refractivity (Wildman–Crippen MR) is 171 cm³/mol. The summed E-state index contributed by atoms with van der Waals surface area (Å²) in [4.78, 5) is 13.6. The van der Waals surface area contributed by atoms with Crippen LogP contribution in [0.4, 0.5) is 0 Å². The first kappa shape index (κ1) is 25.8. The fourth-order valence-electron chi connectivity index (χ4n) is 5.01. The van der Waals surface area contributed by atoms with E-state index in [0.717, 1.165) is 61.3 Å². The summed E-state index contributed by atoms with van der Waals surface area (Å²) >= 11 is 0. The van der Waals surface area contributed by atoms with E-state index in [1.807, 2.05) is 62.6 Å². The van der Waals surface area contributed by atoms with Crippen LogP contribution in [0.2, 0.25) is 19.6 Å². The molecule has 213 valence electrons. The summed E-state index contributed by atoms with van der Waals surface area (Å²) in [6.07, 6.45) is 3.72. The second-order valence-corrected chi connectivity index (χ2v) is 16.2. The molecule has 0 spiro atoms. The van der Waals surface area contributed by atoms with Crippen molar-refractivity contribution in [2.75, 3.05) is 0 Å². The van der Waals surface area contributed by atoms with Crippen LogP contribution in [0.3, 0.4) is 0 Å². The van der Waals surface area contributed by atoms with Crippen molar-refractivity contribution in [2.45, 2.75) is 33.4 Å². The average molecular weight is 748 g/mol. The van der Waals surface area contributed by atoms with Gasteiger partial charge in [-0.25, -0.2) is 0 Å². The quantitative estimate of drug-likeness (QED) is 0.136. The second kappa shape index (κ2) is 11.8. The molecule has 1 radical (unpaired) electrons. The minimum Gasteiger partial charge on any atom is -0.501 e. The molecular weight excluding hydrogens is 713 g/mol. The molecule has 7 aromatic rings. The number of imidazole rings is 1. The van der Waals surface area contributed by atoms with E-state index in [1.54, 1.807) is 18.3 Å². The number of rotatable bonds is 3. The molecule has 0 unspecified atom stereocenters. The maximum atomic E-state index is 7.35. The van der Waals surface area contributed by atoms with Gasteiger partial charge < -0.3 is 14.0 Å². The van der Waals surface area contributed by atoms with E-state index >= 15 is 0 Å². The van der Waals surface area contributed by atoms with Crippen LogP contribution in [0.1, 0.15) is 15.4 Å². The third kappa shape index (κ3) is 5.60. The third-order valence-electron chi connectivity index (χ3n) is 7.25. The van der Waals surface area contributed by atoms with E-state index in [4.69, 9.17) is 13.5 Å². The largest absolute Gasteiger partial charge is 0.501 e. The molecule has 4 heterocycles. The number of benzene rings is 3. The van der Waals surface area contributed by atoms with E-state index < -0.39 is 14.9 Å². The number of pyridine rings is 2. The van der Waals surface area contributed by atoms with E-state index in [9.17, 15) is 0 Å². The summed E-state index contributed by atoms with van der Waals surface area (Å²) < 4.78 is 30.2. The van der Waals surface area contributed by atoms with Gasteiger partial charge >= 0.3 is 0 Å². The van der Waals surface area contributed by atoms with Crippen LogP contribution < -0.4 is 5.19 Å². The standard InChI is InChI=1S/C20H14N3O.C15H18NSi.Ir/c1-12-18-16(10-11-21-12)22-20(23(18)2)15-8-5-7-14-13-6-3-4-9-17(13)24-19(14)15;1-12-5-7-13(8-6-12)15-10-9-14(11-16-15)17(2,3)4;/h3-7,9-11H,1-2H3;5-7,9-11H,1-4H3;/q2*-1;/i;1D3;. The van der Waals surface area contributed by atoms with Gasteiger partial charge in [-0.1, -0.05) is 67.8 Å². The van der Waals surface area contributed by atoms with Crippen molar-refractivity contribution >= 4 is 46.2 Å². The Morgan fingerprint density at radius 2 is 1.76 bits per heavy atom. The normalized spacial score (nSPS) is 12.7. The number of aryl methyl sites for hydroxylation is 3.